The van der Waals surface area contributed by atoms with Crippen LogP contribution in [0, 0.1) is 5.92 Å². The summed E-state index contributed by atoms with van der Waals surface area (Å²) in [4.78, 5) is 4.71. The van der Waals surface area contributed by atoms with Crippen molar-refractivity contribution in [2.75, 3.05) is 13.2 Å². The van der Waals surface area contributed by atoms with E-state index in [4.69, 9.17) is 24.7 Å². The van der Waals surface area contributed by atoms with Gasteiger partial charge in [0.1, 0.15) is 12.2 Å². The summed E-state index contributed by atoms with van der Waals surface area (Å²) < 4.78 is 11.0. The van der Waals surface area contributed by atoms with Crippen LogP contribution in [0.4, 0.5) is 0 Å². The minimum Gasteiger partial charge on any atom is -0.372 e. The molecule has 0 amide bonds. The molecule has 14 heavy (non-hydrogen) atoms. The van der Waals surface area contributed by atoms with E-state index in [-0.39, 0.29) is 17.6 Å². The van der Waals surface area contributed by atoms with Gasteiger partial charge < -0.3 is 9.47 Å². The normalized spacial score (nSPS) is 42.0. The number of fused-ring (bicyclic) bond motifs is 1. The Hall–Kier alpha value is -0.240. The molecule has 0 aromatic rings. The minimum absolute atomic E-state index is 0.0324. The van der Waals surface area contributed by atoms with E-state index in [0.29, 0.717) is 19.1 Å². The third-order valence-electron chi connectivity index (χ3n) is 2.86. The Morgan fingerprint density at radius 1 is 1.29 bits per heavy atom. The minimum atomic E-state index is -0.424. The van der Waals surface area contributed by atoms with Crippen molar-refractivity contribution in [3.8, 4) is 0 Å². The van der Waals surface area contributed by atoms with Crippen LogP contribution in [0.2, 0.25) is 0 Å². The predicted octanol–water partition coefficient (Wildman–Crippen LogP) is 0.191. The molecule has 6 nitrogen and oxygen atoms in total. The van der Waals surface area contributed by atoms with E-state index < -0.39 is 6.10 Å². The Kier molecular flexibility index (Phi) is 3.01. The molecule has 2 aliphatic heterocycles. The average Bonchev–Trinajstić information content (AvgIpc) is 2.67. The Labute approximate surface area is 81.8 Å². The van der Waals surface area contributed by atoms with Gasteiger partial charge in [-0.05, 0) is 6.42 Å². The van der Waals surface area contributed by atoms with E-state index >= 15 is 0 Å². The summed E-state index contributed by atoms with van der Waals surface area (Å²) in [5.41, 5.74) is 0. The topological polar surface area (TPSA) is 71.4 Å². The van der Waals surface area contributed by atoms with Crippen LogP contribution in [0.25, 0.3) is 0 Å². The summed E-state index contributed by atoms with van der Waals surface area (Å²) in [6, 6.07) is 0. The van der Waals surface area contributed by atoms with Crippen LogP contribution < -0.4 is 0 Å². The Morgan fingerprint density at radius 3 is 2.64 bits per heavy atom. The van der Waals surface area contributed by atoms with Gasteiger partial charge >= 0.3 is 0 Å². The monoisotopic (exact) mass is 205 g/mol. The van der Waals surface area contributed by atoms with E-state index in [9.17, 15) is 0 Å². The quantitative estimate of drug-likeness (QED) is 0.641. The van der Waals surface area contributed by atoms with Crippen LogP contribution in [0.1, 0.15) is 13.3 Å². The third-order valence-corrected chi connectivity index (χ3v) is 2.86. The second kappa shape index (κ2) is 4.09. The second-order valence-corrected chi connectivity index (χ2v) is 3.66. The summed E-state index contributed by atoms with van der Waals surface area (Å²) in [5.74, 6) is 0.388. The lowest BCUT2D eigenvalue weighted by molar-refractivity contribution is -0.507. The van der Waals surface area contributed by atoms with Crippen molar-refractivity contribution in [3.63, 3.8) is 0 Å². The molecule has 0 radical (unpaired) electrons. The predicted molar refractivity (Wildman–Crippen MR) is 43.5 cm³/mol. The van der Waals surface area contributed by atoms with Gasteiger partial charge in [0.2, 0.25) is 0 Å². The van der Waals surface area contributed by atoms with Crippen LogP contribution in [-0.4, -0.2) is 47.3 Å². The molecule has 4 atom stereocenters. The molecule has 0 aromatic heterocycles. The van der Waals surface area contributed by atoms with Gasteiger partial charge in [0.05, 0.1) is 24.7 Å². The molecule has 2 rings (SSSR count). The first-order chi connectivity index (χ1) is 6.72. The van der Waals surface area contributed by atoms with Crippen LogP contribution in [0.5, 0.6) is 0 Å². The highest BCUT2D eigenvalue weighted by atomic mass is 17.1. The molecule has 6 heteroatoms. The van der Waals surface area contributed by atoms with Crippen molar-refractivity contribution in [1.29, 1.82) is 0 Å². The molecule has 0 aliphatic carbocycles. The highest BCUT2D eigenvalue weighted by Gasteiger charge is 2.48. The van der Waals surface area contributed by atoms with Gasteiger partial charge in [0.25, 0.3) is 0 Å². The highest BCUT2D eigenvalue weighted by Crippen LogP contribution is 2.34. The van der Waals surface area contributed by atoms with E-state index in [1.165, 1.54) is 0 Å². The zero-order chi connectivity index (χ0) is 10.1. The molecule has 0 bridgehead atoms. The molecule has 2 aliphatic rings. The van der Waals surface area contributed by atoms with E-state index in [1.807, 2.05) is 0 Å². The van der Waals surface area contributed by atoms with E-state index in [0.717, 1.165) is 6.42 Å². The first-order valence-electron chi connectivity index (χ1n) is 4.80. The smallest absolute Gasteiger partial charge is 0.136 e. The van der Waals surface area contributed by atoms with Gasteiger partial charge in [-0.15, -0.1) is 0 Å². The van der Waals surface area contributed by atoms with Gasteiger partial charge in [0, 0.05) is 5.92 Å². The van der Waals surface area contributed by atoms with Gasteiger partial charge in [-0.2, -0.15) is 0 Å². The van der Waals surface area contributed by atoms with Gasteiger partial charge in [-0.25, -0.2) is 4.84 Å². The van der Waals surface area contributed by atoms with Crippen molar-refractivity contribution in [2.24, 2.45) is 5.92 Å². The Morgan fingerprint density at radius 2 is 2.00 bits per heavy atom. The molecule has 2 N–H and O–H groups in total. The maximum absolute atomic E-state index is 8.51. The summed E-state index contributed by atoms with van der Waals surface area (Å²) >= 11 is 0. The van der Waals surface area contributed by atoms with Gasteiger partial charge in [-0.1, -0.05) is 6.92 Å². The summed E-state index contributed by atoms with van der Waals surface area (Å²) in [6.45, 7) is 3.07. The zero-order valence-corrected chi connectivity index (χ0v) is 8.00. The number of rotatable bonds is 3. The molecule has 2 fully saturated rings. The van der Waals surface area contributed by atoms with Crippen LogP contribution >= 0.6 is 0 Å². The van der Waals surface area contributed by atoms with Crippen LogP contribution in [0.15, 0.2) is 0 Å². The molecule has 0 spiro atoms. The van der Waals surface area contributed by atoms with Crippen molar-refractivity contribution < 1.29 is 24.7 Å². The van der Waals surface area contributed by atoms with Crippen LogP contribution in [0.3, 0.4) is 0 Å². The standard InChI is InChI=1S/C8H15NO5/c1-2-5-3-12-8-6(14-9(10)11)4-13-7(5)8/h5-8,10-11H,2-4H2,1H3. The molecular formula is C8H15NO5. The second-order valence-electron chi connectivity index (χ2n) is 3.66. The van der Waals surface area contributed by atoms with Gasteiger partial charge in [0.15, 0.2) is 0 Å². The number of hydrogen-bond acceptors (Lipinski definition) is 6. The number of ether oxygens (including phenoxy) is 2. The summed E-state index contributed by atoms with van der Waals surface area (Å²) in [5, 5.41) is 16.7. The van der Waals surface area contributed by atoms with E-state index in [2.05, 4.69) is 6.92 Å². The summed E-state index contributed by atoms with van der Waals surface area (Å²) in [7, 11) is 0. The fourth-order valence-electron chi connectivity index (χ4n) is 2.10. The fourth-order valence-corrected chi connectivity index (χ4v) is 2.10. The third kappa shape index (κ3) is 1.77. The fraction of sp³-hybridized carbons (Fsp3) is 1.00. The first kappa shape index (κ1) is 10.3. The molecule has 0 aromatic carbocycles. The molecule has 82 valence electrons. The molecule has 2 saturated heterocycles. The first-order valence-corrected chi connectivity index (χ1v) is 4.80. The van der Waals surface area contributed by atoms with Crippen molar-refractivity contribution in [1.82, 2.24) is 5.39 Å². The Bertz CT molecular complexity index is 200. The number of hydrogen-bond donors (Lipinski definition) is 2. The number of nitrogens with zero attached hydrogens (tertiary/aromatic N) is 1. The van der Waals surface area contributed by atoms with E-state index in [1.54, 1.807) is 0 Å². The van der Waals surface area contributed by atoms with Crippen molar-refractivity contribution in [2.45, 2.75) is 31.7 Å². The lowest BCUT2D eigenvalue weighted by Gasteiger charge is -2.17. The lowest BCUT2D eigenvalue weighted by Crippen LogP contribution is -2.35. The highest BCUT2D eigenvalue weighted by molar-refractivity contribution is 4.93. The largest absolute Gasteiger partial charge is 0.372 e. The van der Waals surface area contributed by atoms with Gasteiger partial charge in [-0.3, -0.25) is 10.4 Å². The summed E-state index contributed by atoms with van der Waals surface area (Å²) in [6.07, 6.45) is 0.425. The maximum Gasteiger partial charge on any atom is 0.136 e. The lowest BCUT2D eigenvalue weighted by atomic mass is 9.99. The molecule has 4 unspecified atom stereocenters. The van der Waals surface area contributed by atoms with Crippen LogP contribution in [-0.2, 0) is 14.3 Å². The Balaban J connectivity index is 1.94. The van der Waals surface area contributed by atoms with Crippen molar-refractivity contribution >= 4 is 0 Å². The van der Waals surface area contributed by atoms with Crippen molar-refractivity contribution in [3.05, 3.63) is 0 Å². The SMILES string of the molecule is CCC1COC2C(ON(O)O)COC12. The molecular weight excluding hydrogens is 190 g/mol. The molecule has 2 heterocycles. The average molecular weight is 205 g/mol. The maximum atomic E-state index is 8.51. The zero-order valence-electron chi connectivity index (χ0n) is 8.00. The molecule has 0 saturated carbocycles.